The first-order valence-electron chi connectivity index (χ1n) is 9.99. The third-order valence-electron chi connectivity index (χ3n) is 5.93. The molecule has 1 amide bonds. The molecule has 1 N–H and O–H groups in total. The average Bonchev–Trinajstić information content (AvgIpc) is 3.28. The summed E-state index contributed by atoms with van der Waals surface area (Å²) in [6.45, 7) is 9.03. The molecule has 1 aliphatic carbocycles. The van der Waals surface area contributed by atoms with Crippen molar-refractivity contribution in [3.63, 3.8) is 0 Å². The normalized spacial score (nSPS) is 16.5. The maximum Gasteiger partial charge on any atom is 0.341 e. The van der Waals surface area contributed by atoms with Gasteiger partial charge in [0.25, 0.3) is 0 Å². The molecule has 4 nitrogen and oxygen atoms in total. The minimum absolute atomic E-state index is 0.0861. The second kappa shape index (κ2) is 8.78. The van der Waals surface area contributed by atoms with Crippen LogP contribution in [0.25, 0.3) is 0 Å². The highest BCUT2D eigenvalue weighted by Gasteiger charge is 2.35. The summed E-state index contributed by atoms with van der Waals surface area (Å²) >= 11 is 3.12. The molecule has 0 saturated heterocycles. The molecule has 0 saturated carbocycles. The van der Waals surface area contributed by atoms with E-state index in [1.807, 2.05) is 24.4 Å². The van der Waals surface area contributed by atoms with E-state index in [2.05, 4.69) is 26.1 Å². The first-order chi connectivity index (χ1) is 13.4. The van der Waals surface area contributed by atoms with Crippen molar-refractivity contribution in [2.75, 3.05) is 11.9 Å². The van der Waals surface area contributed by atoms with Crippen LogP contribution in [0.1, 0.15) is 66.2 Å². The van der Waals surface area contributed by atoms with E-state index >= 15 is 0 Å². The van der Waals surface area contributed by atoms with Gasteiger partial charge < -0.3 is 10.1 Å². The summed E-state index contributed by atoms with van der Waals surface area (Å²) in [7, 11) is 0. The summed E-state index contributed by atoms with van der Waals surface area (Å²) < 4.78 is 5.31. The Bertz CT molecular complexity index is 836. The molecular formula is C22H29NO3S2. The van der Waals surface area contributed by atoms with Gasteiger partial charge in [-0.15, -0.1) is 22.7 Å². The Morgan fingerprint density at radius 2 is 2.11 bits per heavy atom. The topological polar surface area (TPSA) is 55.4 Å². The number of fused-ring (bicyclic) bond motifs is 1. The zero-order valence-corrected chi connectivity index (χ0v) is 18.7. The molecule has 0 spiro atoms. The molecule has 0 radical (unpaired) electrons. The van der Waals surface area contributed by atoms with Gasteiger partial charge in [-0.3, -0.25) is 4.79 Å². The number of hydrogen-bond donors (Lipinski definition) is 1. The Labute approximate surface area is 175 Å². The molecule has 1 atom stereocenters. The van der Waals surface area contributed by atoms with Crippen molar-refractivity contribution in [3.05, 3.63) is 38.4 Å². The number of esters is 1. The van der Waals surface area contributed by atoms with Crippen molar-refractivity contribution >= 4 is 39.6 Å². The molecule has 2 heterocycles. The Balaban J connectivity index is 1.87. The number of rotatable bonds is 7. The Hall–Kier alpha value is -1.66. The van der Waals surface area contributed by atoms with E-state index in [0.717, 1.165) is 36.1 Å². The van der Waals surface area contributed by atoms with Gasteiger partial charge in [-0.05, 0) is 54.5 Å². The summed E-state index contributed by atoms with van der Waals surface area (Å²) in [5, 5.41) is 5.62. The molecule has 0 aliphatic heterocycles. The van der Waals surface area contributed by atoms with Gasteiger partial charge in [0.15, 0.2) is 0 Å². The lowest BCUT2D eigenvalue weighted by Gasteiger charge is -2.36. The molecule has 2 aromatic heterocycles. The van der Waals surface area contributed by atoms with Crippen molar-refractivity contribution in [1.29, 1.82) is 0 Å². The highest BCUT2D eigenvalue weighted by atomic mass is 32.1. The molecule has 2 aromatic rings. The minimum Gasteiger partial charge on any atom is -0.462 e. The van der Waals surface area contributed by atoms with Crippen molar-refractivity contribution in [2.24, 2.45) is 11.3 Å². The first kappa shape index (κ1) is 21.1. The van der Waals surface area contributed by atoms with Crippen LogP contribution in [0.2, 0.25) is 0 Å². The lowest BCUT2D eigenvalue weighted by Crippen LogP contribution is -2.28. The summed E-state index contributed by atoms with van der Waals surface area (Å²) in [4.78, 5) is 27.5. The fourth-order valence-corrected chi connectivity index (χ4v) is 5.83. The van der Waals surface area contributed by atoms with Crippen LogP contribution in [-0.4, -0.2) is 18.5 Å². The fourth-order valence-electron chi connectivity index (χ4n) is 3.79. The largest absolute Gasteiger partial charge is 0.462 e. The molecule has 6 heteroatoms. The Morgan fingerprint density at radius 1 is 1.32 bits per heavy atom. The van der Waals surface area contributed by atoms with E-state index in [0.29, 0.717) is 29.5 Å². The molecule has 0 aromatic carbocycles. The Morgan fingerprint density at radius 3 is 2.75 bits per heavy atom. The number of carbonyl (C=O) groups excluding carboxylic acids is 2. The third kappa shape index (κ3) is 4.49. The summed E-state index contributed by atoms with van der Waals surface area (Å²) in [5.74, 6) is 0.185. The molecular weight excluding hydrogens is 390 g/mol. The van der Waals surface area contributed by atoms with Crippen LogP contribution in [-0.2, 0) is 28.8 Å². The molecule has 0 fully saturated rings. The summed E-state index contributed by atoms with van der Waals surface area (Å²) in [5.41, 5.74) is 1.93. The van der Waals surface area contributed by atoms with Crippen molar-refractivity contribution in [2.45, 2.75) is 59.8 Å². The Kier molecular flexibility index (Phi) is 6.61. The number of hydrogen-bond acceptors (Lipinski definition) is 5. The molecule has 28 heavy (non-hydrogen) atoms. The number of ether oxygens (including phenoxy) is 1. The average molecular weight is 420 g/mol. The van der Waals surface area contributed by atoms with Gasteiger partial charge in [-0.2, -0.15) is 0 Å². The standard InChI is InChI=1S/C22H29NO3S2/c1-5-22(3,4)14-9-10-16-17(12-14)28-20(19(16)21(25)26-6-2)23-18(24)13-15-8-7-11-27-15/h7-8,11,14H,5-6,9-10,12-13H2,1-4H3,(H,23,24)/t14-/m1/s1. The van der Waals surface area contributed by atoms with Gasteiger partial charge in [0.2, 0.25) is 5.91 Å². The maximum absolute atomic E-state index is 12.7. The van der Waals surface area contributed by atoms with Crippen LogP contribution in [0, 0.1) is 11.3 Å². The van der Waals surface area contributed by atoms with Crippen LogP contribution in [0.5, 0.6) is 0 Å². The van der Waals surface area contributed by atoms with Gasteiger partial charge in [0.05, 0.1) is 18.6 Å². The van der Waals surface area contributed by atoms with Crippen LogP contribution in [0.15, 0.2) is 17.5 Å². The van der Waals surface area contributed by atoms with Gasteiger partial charge in [0.1, 0.15) is 5.00 Å². The lowest BCUT2D eigenvalue weighted by molar-refractivity contribution is -0.115. The van der Waals surface area contributed by atoms with E-state index in [1.54, 1.807) is 22.7 Å². The van der Waals surface area contributed by atoms with E-state index in [-0.39, 0.29) is 17.3 Å². The predicted octanol–water partition coefficient (Wildman–Crippen LogP) is 5.71. The predicted molar refractivity (Wildman–Crippen MR) is 117 cm³/mol. The van der Waals surface area contributed by atoms with Gasteiger partial charge in [0, 0.05) is 9.75 Å². The fraction of sp³-hybridized carbons (Fsp3) is 0.545. The quantitative estimate of drug-likeness (QED) is 0.585. The molecule has 1 aliphatic rings. The van der Waals surface area contributed by atoms with Crippen molar-refractivity contribution < 1.29 is 14.3 Å². The number of thiophene rings is 2. The maximum atomic E-state index is 12.7. The van der Waals surface area contributed by atoms with E-state index < -0.39 is 0 Å². The monoisotopic (exact) mass is 419 g/mol. The first-order valence-corrected chi connectivity index (χ1v) is 11.7. The summed E-state index contributed by atoms with van der Waals surface area (Å²) in [6, 6.07) is 3.89. The minimum atomic E-state index is -0.320. The molecule has 0 bridgehead atoms. The molecule has 0 unspecified atom stereocenters. The van der Waals surface area contributed by atoms with Gasteiger partial charge in [-0.1, -0.05) is 33.3 Å². The highest BCUT2D eigenvalue weighted by molar-refractivity contribution is 7.17. The van der Waals surface area contributed by atoms with E-state index in [9.17, 15) is 9.59 Å². The zero-order valence-electron chi connectivity index (χ0n) is 17.1. The number of carbonyl (C=O) groups is 2. The second-order valence-corrected chi connectivity index (χ2v) is 10.2. The van der Waals surface area contributed by atoms with Crippen LogP contribution in [0.4, 0.5) is 5.00 Å². The lowest BCUT2D eigenvalue weighted by atomic mass is 9.69. The van der Waals surface area contributed by atoms with E-state index in [1.165, 1.54) is 4.88 Å². The SMILES string of the molecule is CCOC(=O)c1c(NC(=O)Cc2cccs2)sc2c1CC[C@@H](C(C)(C)CC)C2. The van der Waals surface area contributed by atoms with E-state index in [4.69, 9.17) is 4.74 Å². The summed E-state index contributed by atoms with van der Waals surface area (Å²) in [6.07, 6.45) is 4.37. The molecule has 3 rings (SSSR count). The van der Waals surface area contributed by atoms with Crippen LogP contribution >= 0.6 is 22.7 Å². The highest BCUT2D eigenvalue weighted by Crippen LogP contribution is 2.45. The van der Waals surface area contributed by atoms with Crippen LogP contribution < -0.4 is 5.32 Å². The number of amides is 1. The second-order valence-electron chi connectivity index (χ2n) is 8.01. The smallest absolute Gasteiger partial charge is 0.341 e. The number of nitrogens with one attached hydrogen (secondary N) is 1. The third-order valence-corrected chi connectivity index (χ3v) is 7.98. The zero-order chi connectivity index (χ0) is 20.3. The number of anilines is 1. The van der Waals surface area contributed by atoms with Crippen molar-refractivity contribution in [1.82, 2.24) is 0 Å². The van der Waals surface area contributed by atoms with Gasteiger partial charge in [-0.25, -0.2) is 4.79 Å². The van der Waals surface area contributed by atoms with Crippen LogP contribution in [0.3, 0.4) is 0 Å². The molecule has 152 valence electrons. The van der Waals surface area contributed by atoms with Crippen molar-refractivity contribution in [3.8, 4) is 0 Å². The van der Waals surface area contributed by atoms with Gasteiger partial charge >= 0.3 is 5.97 Å².